The molecule has 0 bridgehead atoms. The zero-order chi connectivity index (χ0) is 11.7. The highest BCUT2D eigenvalue weighted by Gasteiger charge is 2.09. The lowest BCUT2D eigenvalue weighted by atomic mass is 10.2. The van der Waals surface area contributed by atoms with Crippen LogP contribution in [0.1, 0.15) is 5.56 Å². The van der Waals surface area contributed by atoms with Crippen LogP contribution in [0.3, 0.4) is 0 Å². The number of hydrogen-bond donors (Lipinski definition) is 2. The number of hydrogen-bond acceptors (Lipinski definition) is 3. The number of nitrogens with zero attached hydrogens (tertiary/aromatic N) is 2. The first kappa shape index (κ1) is 10.4. The second kappa shape index (κ2) is 3.83. The van der Waals surface area contributed by atoms with Crippen molar-refractivity contribution < 1.29 is 0 Å². The van der Waals surface area contributed by atoms with Crippen LogP contribution in [0.5, 0.6) is 0 Å². The molecule has 7 heteroatoms. The van der Waals surface area contributed by atoms with Gasteiger partial charge in [0.05, 0.1) is 17.3 Å². The first-order valence-electron chi connectivity index (χ1n) is 4.23. The van der Waals surface area contributed by atoms with Gasteiger partial charge in [-0.3, -0.25) is 0 Å². The van der Waals surface area contributed by atoms with Crippen molar-refractivity contribution >= 4 is 15.9 Å². The standard InChI is InChI=1S/C9H5BrN4O2/c10-6-3-5(4-11)1-2-7(6)14-8(15)12-13-9(14)16/h1-3H,(H,12,15)(H,13,16). The molecule has 2 rings (SSSR count). The highest BCUT2D eigenvalue weighted by molar-refractivity contribution is 9.10. The van der Waals surface area contributed by atoms with Gasteiger partial charge in [-0.15, -0.1) is 0 Å². The molecule has 16 heavy (non-hydrogen) atoms. The Balaban J connectivity index is 2.72. The number of nitrogens with one attached hydrogen (secondary N) is 2. The van der Waals surface area contributed by atoms with E-state index in [2.05, 4.69) is 26.1 Å². The lowest BCUT2D eigenvalue weighted by molar-refractivity contribution is 0.946. The van der Waals surface area contributed by atoms with Crippen molar-refractivity contribution in [3.8, 4) is 11.8 Å². The fourth-order valence-electron chi connectivity index (χ4n) is 1.29. The van der Waals surface area contributed by atoms with Gasteiger partial charge >= 0.3 is 11.4 Å². The van der Waals surface area contributed by atoms with Gasteiger partial charge < -0.3 is 0 Å². The van der Waals surface area contributed by atoms with E-state index in [1.165, 1.54) is 18.2 Å². The van der Waals surface area contributed by atoms with E-state index in [9.17, 15) is 9.59 Å². The Morgan fingerprint density at radius 3 is 2.38 bits per heavy atom. The van der Waals surface area contributed by atoms with Crippen LogP contribution in [0.15, 0.2) is 32.3 Å². The van der Waals surface area contributed by atoms with Crippen LogP contribution in [0.4, 0.5) is 0 Å². The molecule has 0 amide bonds. The van der Waals surface area contributed by atoms with E-state index < -0.39 is 11.4 Å². The first-order chi connectivity index (χ1) is 7.63. The highest BCUT2D eigenvalue weighted by Crippen LogP contribution is 2.19. The lowest BCUT2D eigenvalue weighted by Crippen LogP contribution is -2.24. The van der Waals surface area contributed by atoms with Gasteiger partial charge in [-0.05, 0) is 34.1 Å². The van der Waals surface area contributed by atoms with Crippen LogP contribution < -0.4 is 11.4 Å². The molecule has 1 heterocycles. The van der Waals surface area contributed by atoms with E-state index in [4.69, 9.17) is 5.26 Å². The fraction of sp³-hybridized carbons (Fsp3) is 0. The van der Waals surface area contributed by atoms with Crippen molar-refractivity contribution in [3.63, 3.8) is 0 Å². The van der Waals surface area contributed by atoms with Gasteiger partial charge in [0.2, 0.25) is 0 Å². The molecule has 0 spiro atoms. The summed E-state index contributed by atoms with van der Waals surface area (Å²) in [6, 6.07) is 6.54. The normalized spacial score (nSPS) is 10.0. The predicted octanol–water partition coefficient (Wildman–Crippen LogP) is 0.488. The molecule has 0 fully saturated rings. The van der Waals surface area contributed by atoms with Crippen molar-refractivity contribution in [1.82, 2.24) is 14.8 Å². The topological polar surface area (TPSA) is 94.4 Å². The van der Waals surface area contributed by atoms with Crippen molar-refractivity contribution in [2.24, 2.45) is 0 Å². The average molecular weight is 281 g/mol. The number of halogens is 1. The molecule has 0 saturated carbocycles. The van der Waals surface area contributed by atoms with E-state index in [-0.39, 0.29) is 0 Å². The van der Waals surface area contributed by atoms with Gasteiger partial charge in [0.15, 0.2) is 0 Å². The van der Waals surface area contributed by atoms with E-state index in [1.54, 1.807) is 0 Å². The molecule has 80 valence electrons. The first-order valence-corrected chi connectivity index (χ1v) is 5.02. The molecule has 0 aliphatic carbocycles. The largest absolute Gasteiger partial charge is 0.349 e. The Morgan fingerprint density at radius 1 is 1.25 bits per heavy atom. The second-order valence-electron chi connectivity index (χ2n) is 2.97. The minimum atomic E-state index is -0.560. The lowest BCUT2D eigenvalue weighted by Gasteiger charge is -2.02. The van der Waals surface area contributed by atoms with Crippen LogP contribution in [-0.2, 0) is 0 Å². The quantitative estimate of drug-likeness (QED) is 0.796. The van der Waals surface area contributed by atoms with Crippen LogP contribution in [0.25, 0.3) is 5.69 Å². The third-order valence-corrected chi connectivity index (χ3v) is 2.64. The number of benzene rings is 1. The predicted molar refractivity (Wildman–Crippen MR) is 59.4 cm³/mol. The Morgan fingerprint density at radius 2 is 1.88 bits per heavy atom. The number of aromatic amines is 2. The van der Waals surface area contributed by atoms with Crippen LogP contribution in [-0.4, -0.2) is 14.8 Å². The maximum absolute atomic E-state index is 11.3. The summed E-state index contributed by atoms with van der Waals surface area (Å²) < 4.78 is 1.43. The summed E-state index contributed by atoms with van der Waals surface area (Å²) in [5.74, 6) is 0. The number of H-pyrrole nitrogens is 2. The molecule has 0 radical (unpaired) electrons. The Labute approximate surface area is 97.3 Å². The van der Waals surface area contributed by atoms with Gasteiger partial charge in [0.25, 0.3) is 0 Å². The van der Waals surface area contributed by atoms with Crippen LogP contribution in [0, 0.1) is 11.3 Å². The van der Waals surface area contributed by atoms with E-state index >= 15 is 0 Å². The van der Waals surface area contributed by atoms with Gasteiger partial charge in [-0.25, -0.2) is 24.4 Å². The highest BCUT2D eigenvalue weighted by atomic mass is 79.9. The second-order valence-corrected chi connectivity index (χ2v) is 3.83. The zero-order valence-corrected chi connectivity index (χ0v) is 9.41. The number of rotatable bonds is 1. The average Bonchev–Trinajstić information content (AvgIpc) is 2.59. The third kappa shape index (κ3) is 1.59. The minimum Gasteiger partial charge on any atom is -0.247 e. The van der Waals surface area contributed by atoms with Gasteiger partial charge in [0, 0.05) is 4.47 Å². The molecule has 2 aromatic rings. The molecule has 1 aromatic heterocycles. The minimum absolute atomic E-state index is 0.381. The van der Waals surface area contributed by atoms with Crippen LogP contribution in [0.2, 0.25) is 0 Å². The molecule has 0 aliphatic heterocycles. The van der Waals surface area contributed by atoms with Crippen molar-refractivity contribution in [2.75, 3.05) is 0 Å². The van der Waals surface area contributed by atoms with Gasteiger partial charge in [-0.1, -0.05) is 0 Å². The Hall–Kier alpha value is -2.07. The molecule has 2 N–H and O–H groups in total. The zero-order valence-electron chi connectivity index (χ0n) is 7.82. The molecule has 0 aliphatic rings. The maximum Gasteiger partial charge on any atom is 0.349 e. The van der Waals surface area contributed by atoms with Crippen molar-refractivity contribution in [3.05, 3.63) is 49.2 Å². The van der Waals surface area contributed by atoms with E-state index in [0.717, 1.165) is 4.57 Å². The van der Waals surface area contributed by atoms with E-state index in [0.29, 0.717) is 15.7 Å². The molecular weight excluding hydrogens is 276 g/mol. The third-order valence-electron chi connectivity index (χ3n) is 2.00. The SMILES string of the molecule is N#Cc1ccc(-n2c(=O)[nH][nH]c2=O)c(Br)c1. The monoisotopic (exact) mass is 280 g/mol. The van der Waals surface area contributed by atoms with Gasteiger partial charge in [0.1, 0.15) is 0 Å². The Bertz CT molecular complexity index is 661. The van der Waals surface area contributed by atoms with Gasteiger partial charge in [-0.2, -0.15) is 5.26 Å². The van der Waals surface area contributed by atoms with Crippen molar-refractivity contribution in [1.29, 1.82) is 5.26 Å². The van der Waals surface area contributed by atoms with Crippen molar-refractivity contribution in [2.45, 2.75) is 0 Å². The summed E-state index contributed by atoms with van der Waals surface area (Å²) >= 11 is 3.20. The summed E-state index contributed by atoms with van der Waals surface area (Å²) in [5, 5.41) is 13.0. The Kier molecular flexibility index (Phi) is 2.50. The summed E-state index contributed by atoms with van der Waals surface area (Å²) in [7, 11) is 0. The maximum atomic E-state index is 11.3. The smallest absolute Gasteiger partial charge is 0.247 e. The molecular formula is C9H5BrN4O2. The molecule has 0 atom stereocenters. The fourth-order valence-corrected chi connectivity index (χ4v) is 1.84. The summed E-state index contributed by atoms with van der Waals surface area (Å²) in [5.41, 5.74) is -0.298. The summed E-state index contributed by atoms with van der Waals surface area (Å²) in [6.07, 6.45) is 0. The molecule has 0 saturated heterocycles. The summed E-state index contributed by atoms with van der Waals surface area (Å²) in [4.78, 5) is 22.7. The number of aromatic nitrogens is 3. The van der Waals surface area contributed by atoms with E-state index in [1.807, 2.05) is 6.07 Å². The molecule has 0 unspecified atom stereocenters. The molecule has 6 nitrogen and oxygen atoms in total. The number of nitriles is 1. The summed E-state index contributed by atoms with van der Waals surface area (Å²) in [6.45, 7) is 0. The van der Waals surface area contributed by atoms with Crippen LogP contribution >= 0.6 is 15.9 Å². The molecule has 1 aromatic carbocycles.